The number of amides is 1. The van der Waals surface area contributed by atoms with E-state index in [4.69, 9.17) is 16.6 Å². The predicted octanol–water partition coefficient (Wildman–Crippen LogP) is 6.00. The lowest BCUT2D eigenvalue weighted by molar-refractivity contribution is 0.0601. The van der Waals surface area contributed by atoms with Gasteiger partial charge in [-0.3, -0.25) is 14.2 Å². The van der Waals surface area contributed by atoms with E-state index in [1.54, 1.807) is 22.8 Å². The van der Waals surface area contributed by atoms with E-state index in [-0.39, 0.29) is 17.5 Å². The van der Waals surface area contributed by atoms with Gasteiger partial charge in [-0.15, -0.1) is 0 Å². The summed E-state index contributed by atoms with van der Waals surface area (Å²) in [5.74, 6) is 0.932. The molecule has 1 aliphatic rings. The minimum Gasteiger partial charge on any atom is -0.328 e. The number of fused-ring (bicyclic) bond motifs is 1. The van der Waals surface area contributed by atoms with Crippen molar-refractivity contribution in [2.45, 2.75) is 45.7 Å². The lowest BCUT2D eigenvalue weighted by Gasteiger charge is -2.36. The molecule has 1 fully saturated rings. The number of piperidine rings is 1. The number of nitrogens with zero attached hydrogens (tertiary/aromatic N) is 3. The first kappa shape index (κ1) is 27.1. The zero-order valence-electron chi connectivity index (χ0n) is 22.6. The van der Waals surface area contributed by atoms with Crippen LogP contribution in [-0.2, 0) is 6.54 Å². The van der Waals surface area contributed by atoms with Crippen LogP contribution in [0.25, 0.3) is 10.9 Å². The average molecular weight is 543 g/mol. The van der Waals surface area contributed by atoms with Crippen molar-refractivity contribution in [3.8, 4) is 0 Å². The number of aryl methyl sites for hydroxylation is 1. The van der Waals surface area contributed by atoms with Gasteiger partial charge in [-0.2, -0.15) is 0 Å². The molecule has 2 heterocycles. The van der Waals surface area contributed by atoms with E-state index in [2.05, 4.69) is 12.2 Å². The van der Waals surface area contributed by atoms with Gasteiger partial charge in [0.05, 0.1) is 23.5 Å². The van der Waals surface area contributed by atoms with Crippen molar-refractivity contribution < 1.29 is 4.79 Å². The molecule has 0 bridgehead atoms. The normalized spacial score (nSPS) is 14.8. The van der Waals surface area contributed by atoms with Crippen LogP contribution in [-0.4, -0.2) is 40.0 Å². The molecule has 0 aliphatic carbocycles. The minimum absolute atomic E-state index is 0.0351. The summed E-state index contributed by atoms with van der Waals surface area (Å²) in [6.45, 7) is 6.95. The van der Waals surface area contributed by atoms with Crippen molar-refractivity contribution >= 4 is 28.4 Å². The molecule has 1 N–H and O–H groups in total. The van der Waals surface area contributed by atoms with Crippen LogP contribution >= 0.6 is 11.6 Å². The van der Waals surface area contributed by atoms with Crippen molar-refractivity contribution in [3.63, 3.8) is 0 Å². The van der Waals surface area contributed by atoms with Gasteiger partial charge in [0.25, 0.3) is 11.5 Å². The fourth-order valence-corrected chi connectivity index (χ4v) is 5.65. The Morgan fingerprint density at radius 2 is 1.79 bits per heavy atom. The number of nitrogens with one attached hydrogen (secondary N) is 1. The summed E-state index contributed by atoms with van der Waals surface area (Å²) >= 11 is 6.32. The van der Waals surface area contributed by atoms with Gasteiger partial charge in [0.2, 0.25) is 0 Å². The first-order chi connectivity index (χ1) is 18.9. The lowest BCUT2D eigenvalue weighted by Crippen LogP contribution is -2.43. The number of carbonyl (C=O) groups is 1. The van der Waals surface area contributed by atoms with Crippen LogP contribution in [0.4, 0.5) is 0 Å². The molecule has 1 atom stereocenters. The van der Waals surface area contributed by atoms with Gasteiger partial charge in [0.1, 0.15) is 5.82 Å². The fourth-order valence-electron chi connectivity index (χ4n) is 5.48. The molecule has 0 saturated carbocycles. The van der Waals surface area contributed by atoms with Crippen LogP contribution in [0.3, 0.4) is 0 Å². The molecule has 1 unspecified atom stereocenters. The molecule has 1 aromatic heterocycles. The molecule has 1 saturated heterocycles. The Bertz CT molecular complexity index is 1490. The number of halogens is 1. The molecule has 6 nitrogen and oxygen atoms in total. The summed E-state index contributed by atoms with van der Waals surface area (Å²) in [5, 5.41) is 4.47. The van der Waals surface area contributed by atoms with E-state index in [0.29, 0.717) is 52.7 Å². The smallest absolute Gasteiger partial charge is 0.261 e. The van der Waals surface area contributed by atoms with Crippen molar-refractivity contribution in [1.82, 2.24) is 19.8 Å². The first-order valence-electron chi connectivity index (χ1n) is 13.8. The quantitative estimate of drug-likeness (QED) is 0.296. The molecule has 202 valence electrons. The third-order valence-electron chi connectivity index (χ3n) is 7.66. The molecule has 39 heavy (non-hydrogen) atoms. The Morgan fingerprint density at radius 1 is 1.08 bits per heavy atom. The standard InChI is InChI=1S/C32H35ClN4O2/c1-3-29(36(20-24-15-17-34-18-16-24)31(38)25-11-9-22(2)10-12-25)30-35-28-19-26(33)13-14-27(28)32(39)37(30)21-23-7-5-4-6-8-23/h4-14,19,24,29,34H,3,15-18,20-21H2,1-2H3. The Hall–Kier alpha value is -3.48. The second-order valence-electron chi connectivity index (χ2n) is 10.4. The second kappa shape index (κ2) is 12.1. The number of hydrogen-bond acceptors (Lipinski definition) is 4. The number of benzene rings is 3. The Kier molecular flexibility index (Phi) is 8.44. The van der Waals surface area contributed by atoms with Crippen LogP contribution in [0.1, 0.15) is 59.5 Å². The zero-order valence-corrected chi connectivity index (χ0v) is 23.3. The van der Waals surface area contributed by atoms with E-state index in [0.717, 1.165) is 37.1 Å². The van der Waals surface area contributed by atoms with Gasteiger partial charge in [0, 0.05) is 17.1 Å². The SMILES string of the molecule is CCC(c1nc2cc(Cl)ccc2c(=O)n1Cc1ccccc1)N(CC1CCNCC1)C(=O)c1ccc(C)cc1. The van der Waals surface area contributed by atoms with Crippen molar-refractivity contribution in [2.24, 2.45) is 5.92 Å². The first-order valence-corrected chi connectivity index (χ1v) is 14.1. The number of aromatic nitrogens is 2. The molecule has 0 radical (unpaired) electrons. The molecule has 1 amide bonds. The molecule has 1 aliphatic heterocycles. The van der Waals surface area contributed by atoms with Gasteiger partial charge >= 0.3 is 0 Å². The van der Waals surface area contributed by atoms with Gasteiger partial charge in [-0.25, -0.2) is 4.98 Å². The van der Waals surface area contributed by atoms with Crippen LogP contribution in [0, 0.1) is 12.8 Å². The third-order valence-corrected chi connectivity index (χ3v) is 7.90. The number of carbonyl (C=O) groups excluding carboxylic acids is 1. The van der Waals surface area contributed by atoms with E-state index < -0.39 is 0 Å². The highest BCUT2D eigenvalue weighted by Crippen LogP contribution is 2.29. The second-order valence-corrected chi connectivity index (χ2v) is 10.9. The highest BCUT2D eigenvalue weighted by Gasteiger charge is 2.31. The van der Waals surface area contributed by atoms with Crippen LogP contribution < -0.4 is 10.9 Å². The van der Waals surface area contributed by atoms with Crippen LogP contribution in [0.15, 0.2) is 77.6 Å². The third kappa shape index (κ3) is 6.07. The maximum atomic E-state index is 14.1. The van der Waals surface area contributed by atoms with Gasteiger partial charge in [-0.05, 0) is 81.1 Å². The maximum Gasteiger partial charge on any atom is 0.261 e. The lowest BCUT2D eigenvalue weighted by atomic mass is 9.95. The number of hydrogen-bond donors (Lipinski definition) is 1. The minimum atomic E-state index is -0.381. The van der Waals surface area contributed by atoms with Crippen LogP contribution in [0.5, 0.6) is 0 Å². The summed E-state index contributed by atoms with van der Waals surface area (Å²) in [7, 11) is 0. The van der Waals surface area contributed by atoms with Crippen LogP contribution in [0.2, 0.25) is 5.02 Å². The topological polar surface area (TPSA) is 67.2 Å². The Morgan fingerprint density at radius 3 is 2.49 bits per heavy atom. The van der Waals surface area contributed by atoms with Crippen molar-refractivity contribution in [1.29, 1.82) is 0 Å². The van der Waals surface area contributed by atoms with E-state index in [1.165, 1.54) is 0 Å². The molecule has 4 aromatic rings. The Labute approximate surface area is 234 Å². The van der Waals surface area contributed by atoms with E-state index >= 15 is 0 Å². The summed E-state index contributed by atoms with van der Waals surface area (Å²) in [6, 6.07) is 22.5. The Balaban J connectivity index is 1.65. The summed E-state index contributed by atoms with van der Waals surface area (Å²) in [6.07, 6.45) is 2.63. The van der Waals surface area contributed by atoms with Gasteiger partial charge < -0.3 is 10.2 Å². The van der Waals surface area contributed by atoms with Crippen molar-refractivity contribution in [3.05, 3.63) is 111 Å². The van der Waals surface area contributed by atoms with Gasteiger partial charge in [-0.1, -0.05) is 66.6 Å². The maximum absolute atomic E-state index is 14.1. The zero-order chi connectivity index (χ0) is 27.4. The molecule has 3 aromatic carbocycles. The molecule has 7 heteroatoms. The largest absolute Gasteiger partial charge is 0.328 e. The molecular formula is C32H35ClN4O2. The molecule has 0 spiro atoms. The highest BCUT2D eigenvalue weighted by molar-refractivity contribution is 6.31. The molecular weight excluding hydrogens is 508 g/mol. The van der Waals surface area contributed by atoms with Crippen molar-refractivity contribution in [2.75, 3.05) is 19.6 Å². The fraction of sp³-hybridized carbons (Fsp3) is 0.344. The molecule has 5 rings (SSSR count). The number of rotatable bonds is 8. The van der Waals surface area contributed by atoms with E-state index in [9.17, 15) is 9.59 Å². The highest BCUT2D eigenvalue weighted by atomic mass is 35.5. The summed E-state index contributed by atoms with van der Waals surface area (Å²) in [4.78, 5) is 35.1. The monoisotopic (exact) mass is 542 g/mol. The summed E-state index contributed by atoms with van der Waals surface area (Å²) in [5.41, 5.74) is 3.18. The van der Waals surface area contributed by atoms with E-state index in [1.807, 2.05) is 66.4 Å². The summed E-state index contributed by atoms with van der Waals surface area (Å²) < 4.78 is 1.75. The average Bonchev–Trinajstić information content (AvgIpc) is 2.96. The van der Waals surface area contributed by atoms with Gasteiger partial charge in [0.15, 0.2) is 0 Å². The predicted molar refractivity (Wildman–Crippen MR) is 157 cm³/mol.